The number of hydrogen-bond acceptors (Lipinski definition) is 29. The molecule has 692 valence electrons. The third-order valence-corrected chi connectivity index (χ3v) is 30.5. The Balaban J connectivity index is 0.000000155. The van der Waals surface area contributed by atoms with Crippen LogP contribution in [0.4, 0.5) is 22.7 Å². The maximum Gasteiger partial charge on any atom is 0.373 e. The monoisotopic (exact) mass is 1990 g/mol. The van der Waals surface area contributed by atoms with Gasteiger partial charge in [-0.1, -0.05) is 53.7 Å². The summed E-state index contributed by atoms with van der Waals surface area (Å²) in [7, 11) is -13.9. The smallest absolute Gasteiger partial charge is 0.373 e. The molecule has 0 saturated carbocycles. The molecule has 20 rings (SSSR count). The molecule has 0 radical (unpaired) electrons. The molecule has 0 aliphatic carbocycles. The lowest BCUT2D eigenvalue weighted by molar-refractivity contribution is -0.193. The molecule has 15 aromatic rings. The zero-order chi connectivity index (χ0) is 104. The van der Waals surface area contributed by atoms with E-state index in [1.54, 1.807) is 66.7 Å². The summed E-state index contributed by atoms with van der Waals surface area (Å²) in [6, 6.07) is 46.1. The van der Waals surface area contributed by atoms with Crippen molar-refractivity contribution in [2.75, 3.05) is 19.6 Å². The lowest BCUT2D eigenvalue weighted by Crippen LogP contribution is -2.29. The molecule has 41 heteroatoms. The van der Waals surface area contributed by atoms with Crippen molar-refractivity contribution in [3.05, 3.63) is 348 Å². The van der Waals surface area contributed by atoms with Crippen LogP contribution >= 0.6 is 22.7 Å². The highest BCUT2D eigenvalue weighted by Gasteiger charge is 2.49. The van der Waals surface area contributed by atoms with E-state index in [4.69, 9.17) is 67.3 Å². The molecule has 0 fully saturated rings. The van der Waals surface area contributed by atoms with Gasteiger partial charge < -0.3 is 15.3 Å². The van der Waals surface area contributed by atoms with Crippen LogP contribution in [0.1, 0.15) is 147 Å². The summed E-state index contributed by atoms with van der Waals surface area (Å²) in [6.45, 7) is 0. The number of nitrogens with zero attached hydrogens (tertiary/aromatic N) is 6. The van der Waals surface area contributed by atoms with Crippen LogP contribution in [0.2, 0.25) is 0 Å². The van der Waals surface area contributed by atoms with E-state index >= 15 is 0 Å². The average Bonchev–Trinajstić information content (AvgIpc) is 1.64. The molecule has 8 heterocycles. The summed E-state index contributed by atoms with van der Waals surface area (Å²) in [5.74, 6) is 3.18. The first kappa shape index (κ1) is 97.2. The minimum atomic E-state index is -4.77. The third-order valence-electron chi connectivity index (χ3n) is 22.3. The molecule has 5 aliphatic rings. The zero-order valence-corrected chi connectivity index (χ0v) is 75.3. The van der Waals surface area contributed by atoms with Crippen molar-refractivity contribution in [1.29, 1.82) is 0 Å². The highest BCUT2D eigenvalue weighted by Crippen LogP contribution is 2.47. The number of terminal acetylenes is 6. The Morgan fingerprint density at radius 3 is 0.783 bits per heavy atom. The van der Waals surface area contributed by atoms with Gasteiger partial charge in [-0.05, 0) is 194 Å². The average molecular weight is 1990 g/mol. The zero-order valence-electron chi connectivity index (χ0n) is 71.3. The fourth-order valence-electron chi connectivity index (χ4n) is 16.0. The molecule has 0 spiro atoms. The van der Waals surface area contributed by atoms with Crippen LogP contribution in [0.5, 0.6) is 0 Å². The van der Waals surface area contributed by atoms with Crippen LogP contribution in [0, 0.1) is 74.1 Å². The van der Waals surface area contributed by atoms with Gasteiger partial charge in [-0.2, -0.15) is 28.8 Å². The fourth-order valence-corrected chi connectivity index (χ4v) is 23.8. The van der Waals surface area contributed by atoms with Gasteiger partial charge in [0.1, 0.15) is 0 Å². The quantitative estimate of drug-likeness (QED) is 0.0616. The summed E-state index contributed by atoms with van der Waals surface area (Å²) < 4.78 is 88.0. The number of carbonyl (C=O) groups excluding carboxylic acids is 14. The van der Waals surface area contributed by atoms with Crippen LogP contribution in [0.3, 0.4) is 0 Å². The van der Waals surface area contributed by atoms with E-state index in [-0.39, 0.29) is 145 Å². The van der Waals surface area contributed by atoms with Crippen molar-refractivity contribution in [3.63, 3.8) is 0 Å². The Hall–Kier alpha value is -20.3. The Bertz CT molecular complexity index is 9320. The van der Waals surface area contributed by atoms with Crippen molar-refractivity contribution >= 4 is 199 Å². The minimum absolute atomic E-state index is 0.000333. The summed E-state index contributed by atoms with van der Waals surface area (Å²) in [4.78, 5) is 243. The number of carbonyl (C=O) groups is 11. The number of imide groups is 4. The third kappa shape index (κ3) is 16.6. The molecule has 0 bridgehead atoms. The van der Waals surface area contributed by atoms with Gasteiger partial charge in [0.05, 0.1) is 146 Å². The number of anilines is 4. The Labute approximate surface area is 807 Å². The van der Waals surface area contributed by atoms with Gasteiger partial charge in [-0.15, -0.1) is 61.2 Å². The highest BCUT2D eigenvalue weighted by molar-refractivity contribution is 7.97. The van der Waals surface area contributed by atoms with E-state index in [9.17, 15) is 112 Å². The van der Waals surface area contributed by atoms with Crippen LogP contribution < -0.4 is 41.8 Å². The van der Waals surface area contributed by atoms with Gasteiger partial charge >= 0.3 is 36.4 Å². The number of hydrogen-bond donors (Lipinski definition) is 3. The second kappa shape index (κ2) is 37.4. The molecule has 0 unspecified atom stereocenters. The van der Waals surface area contributed by atoms with Gasteiger partial charge in [0.2, 0.25) is 29.5 Å². The molecule has 36 nitrogen and oxygen atoms in total. The first-order valence-electron chi connectivity index (χ1n) is 39.8. The highest BCUT2D eigenvalue weighted by atomic mass is 32.2. The van der Waals surface area contributed by atoms with E-state index < -0.39 is 148 Å². The SMILES string of the molecule is C#Cc1cccc(-n2c(=O)c3cc4sc5cc6c(=O)n(-c7cc(C#C)cc(C(=O)O)c7)c(=O)c6cc5sc4cc3c2=O)c1.C#Cc1cccc(N2C(=O)c3cc4c(cc3C2=O)S(=O)(=O)c2cc3c(cc2S4(=O)=O)C(=O)N(c2cc(C#C)cc(C(=O)O)c2)C3=O)c1.C#Cc1cccc(N2C(=O)c3ccc(S(=O)(=O)c4ccc5c(c4)C(=O)N(c4cc(C#C)cc(C(=O)O)c4)C5=O)cc3C2=O)c1.O=C=O.O=C=O.O=C=O. The normalized spacial score (nSPS) is 13.3. The molecule has 12 aromatic carbocycles. The minimum Gasteiger partial charge on any atom is -0.478 e. The van der Waals surface area contributed by atoms with E-state index in [0.29, 0.717) is 36.7 Å². The Morgan fingerprint density at radius 1 is 0.273 bits per heavy atom. The van der Waals surface area contributed by atoms with Crippen LogP contribution in [-0.2, 0) is 58.3 Å². The van der Waals surface area contributed by atoms with E-state index in [2.05, 4.69) is 35.5 Å². The predicted octanol–water partition coefficient (Wildman–Crippen LogP) is 9.50. The standard InChI is InChI=1S/C33H14N2O10S2.C33H16N2O8S.C33H14N2O6S2.3CO2/c1-3-16-6-5-7-19(9-16)34-29(36)21-12-25-26(13-22(21)30(34)37)47(44,45)28-15-24-23(14-27(28)46(25,42)43)31(38)35(32(24)39)20-10-17(4-2)8-18(11-20)33(40)41;1-3-18-6-5-7-21(13-18)34-29(36)25-10-8-23(16-27(25)31(34)38)44(42,43)24-9-11-26-28(17-24)32(39)35(30(26)37)22-14-19(4-2)12-20(15-22)33(40)41;1-3-16-6-5-7-19(9-16)34-29(36)21-12-25-26(13-22(21)30(34)37)43-28-15-24-23(14-27(28)42-25)31(38)35(32(24)39)20-10-17(4-2)8-18(11-20)33(40)41;3*2-1-3/h1-2,5-15H,(H,40,41);1-2,5-17H,(H,40,41);1-2,5-15H,(H,40,41);;;. The number of fused-ring (bicyclic) bond motifs is 10. The van der Waals surface area contributed by atoms with Crippen LogP contribution in [0.15, 0.2) is 261 Å². The number of aromatic carboxylic acids is 3. The summed E-state index contributed by atoms with van der Waals surface area (Å²) >= 11 is 2.64. The van der Waals surface area contributed by atoms with Gasteiger partial charge in [0.25, 0.3) is 69.5 Å². The van der Waals surface area contributed by atoms with E-state index in [0.717, 1.165) is 93.9 Å². The molecular weight excluding hydrogens is 1950 g/mol. The first-order valence-corrected chi connectivity index (χ1v) is 45.8. The maximum atomic E-state index is 14.0. The van der Waals surface area contributed by atoms with Gasteiger partial charge in [-0.3, -0.25) is 57.5 Å². The van der Waals surface area contributed by atoms with Gasteiger partial charge in [-0.25, -0.2) is 68.4 Å². The van der Waals surface area contributed by atoms with Gasteiger partial charge in [0.15, 0.2) is 0 Å². The molecule has 143 heavy (non-hydrogen) atoms. The van der Waals surface area contributed by atoms with Crippen molar-refractivity contribution in [2.45, 2.75) is 29.4 Å². The largest absolute Gasteiger partial charge is 0.478 e. The number of carboxylic acids is 3. The molecule has 5 aliphatic heterocycles. The number of rotatable bonds is 11. The summed E-state index contributed by atoms with van der Waals surface area (Å²) in [6.07, 6.45) is 33.4. The maximum absolute atomic E-state index is 14.0. The Morgan fingerprint density at radius 2 is 0.503 bits per heavy atom. The number of aromatic nitrogens is 2. The van der Waals surface area contributed by atoms with E-state index in [1.807, 2.05) is 0 Å². The Kier molecular flexibility index (Phi) is 25.4. The van der Waals surface area contributed by atoms with Crippen LogP contribution in [0.25, 0.3) is 51.7 Å². The molecule has 3 aromatic heterocycles. The van der Waals surface area contributed by atoms with Gasteiger partial charge in [0, 0.05) is 52.2 Å². The molecule has 0 atom stereocenters. The second-order valence-corrected chi connectivity index (χ2v) is 38.1. The lowest BCUT2D eigenvalue weighted by Gasteiger charge is -2.21. The summed E-state index contributed by atoms with van der Waals surface area (Å²) in [5, 5.41) is 29.2. The number of sulfone groups is 3. The number of benzene rings is 12. The molecule has 8 amide bonds. The number of carboxylic acid groups (broad SMARTS) is 3. The molecular formula is C102H44N6O30S5. The fraction of sp³-hybridized carbons (Fsp3) is 0. The summed E-state index contributed by atoms with van der Waals surface area (Å²) in [5.41, 5.74) is -2.92. The van der Waals surface area contributed by atoms with Crippen molar-refractivity contribution < 1.29 is 122 Å². The molecule has 3 N–H and O–H groups in total. The second-order valence-electron chi connectivity index (χ2n) is 30.2. The van der Waals surface area contributed by atoms with E-state index in [1.165, 1.54) is 108 Å². The van der Waals surface area contributed by atoms with Crippen molar-refractivity contribution in [1.82, 2.24) is 9.13 Å². The predicted molar refractivity (Wildman–Crippen MR) is 503 cm³/mol. The lowest BCUT2D eigenvalue weighted by atomic mass is 10.1. The first-order chi connectivity index (χ1) is 68.1. The van der Waals surface area contributed by atoms with Crippen LogP contribution in [-0.4, -0.2) is 133 Å². The molecule has 0 saturated heterocycles. The van der Waals surface area contributed by atoms with Crippen molar-refractivity contribution in [3.8, 4) is 85.4 Å². The number of amides is 8. The topological polar surface area (TPSA) is 544 Å². The van der Waals surface area contributed by atoms with Crippen molar-refractivity contribution in [2.24, 2.45) is 0 Å².